The minimum Gasteiger partial charge on any atom is -0.494 e. The molecule has 162 valence electrons. The van der Waals surface area contributed by atoms with Gasteiger partial charge in [-0.3, -0.25) is 9.10 Å². The molecule has 0 spiro atoms. The molecule has 0 unspecified atom stereocenters. The van der Waals surface area contributed by atoms with Crippen molar-refractivity contribution in [2.24, 2.45) is 0 Å². The van der Waals surface area contributed by atoms with Gasteiger partial charge in [-0.2, -0.15) is 0 Å². The normalized spacial score (nSPS) is 15.8. The molecule has 1 N–H and O–H groups in total. The molecule has 1 aliphatic rings. The Bertz CT molecular complexity index is 1010. The van der Waals surface area contributed by atoms with E-state index >= 15 is 0 Å². The van der Waals surface area contributed by atoms with Crippen molar-refractivity contribution >= 4 is 33.2 Å². The largest absolute Gasteiger partial charge is 0.494 e. The molecule has 0 fully saturated rings. The minimum absolute atomic E-state index is 0.106. The van der Waals surface area contributed by atoms with E-state index in [0.29, 0.717) is 36.0 Å². The van der Waals surface area contributed by atoms with Crippen molar-refractivity contribution in [3.05, 3.63) is 53.1 Å². The average Bonchev–Trinajstić information content (AvgIpc) is 2.70. The third kappa shape index (κ3) is 5.37. The highest BCUT2D eigenvalue weighted by molar-refractivity contribution is 7.92. The third-order valence-electron chi connectivity index (χ3n) is 4.68. The van der Waals surface area contributed by atoms with Gasteiger partial charge in [0.25, 0.3) is 5.91 Å². The van der Waals surface area contributed by atoms with Crippen LogP contribution in [0.3, 0.4) is 0 Å². The number of hydrogen-bond acceptors (Lipinski definition) is 5. The van der Waals surface area contributed by atoms with Crippen LogP contribution in [0.1, 0.15) is 18.9 Å². The third-order valence-corrected chi connectivity index (χ3v) is 6.06. The van der Waals surface area contributed by atoms with Crippen molar-refractivity contribution in [3.63, 3.8) is 0 Å². The second-order valence-electron chi connectivity index (χ2n) is 6.95. The molecule has 1 amide bonds. The molecule has 30 heavy (non-hydrogen) atoms. The van der Waals surface area contributed by atoms with E-state index < -0.39 is 16.1 Å². The zero-order chi connectivity index (χ0) is 21.7. The summed E-state index contributed by atoms with van der Waals surface area (Å²) in [5.74, 6) is 0.796. The summed E-state index contributed by atoms with van der Waals surface area (Å²) in [5.41, 5.74) is 1.41. The Kier molecular flexibility index (Phi) is 7.10. The van der Waals surface area contributed by atoms with E-state index in [1.165, 1.54) is 6.07 Å². The first kappa shape index (κ1) is 22.2. The zero-order valence-corrected chi connectivity index (χ0v) is 18.5. The fourth-order valence-electron chi connectivity index (χ4n) is 3.29. The monoisotopic (exact) mass is 452 g/mol. The van der Waals surface area contributed by atoms with Crippen LogP contribution in [0.25, 0.3) is 0 Å². The number of rotatable bonds is 8. The molecular formula is C21H25ClN2O5S. The van der Waals surface area contributed by atoms with Crippen molar-refractivity contribution in [1.29, 1.82) is 0 Å². The van der Waals surface area contributed by atoms with Gasteiger partial charge in [-0.25, -0.2) is 8.42 Å². The van der Waals surface area contributed by atoms with E-state index in [1.54, 1.807) is 12.1 Å². The van der Waals surface area contributed by atoms with Crippen molar-refractivity contribution < 1.29 is 22.7 Å². The predicted molar refractivity (Wildman–Crippen MR) is 117 cm³/mol. The van der Waals surface area contributed by atoms with Crippen molar-refractivity contribution in [1.82, 2.24) is 5.32 Å². The van der Waals surface area contributed by atoms with Gasteiger partial charge in [-0.15, -0.1) is 0 Å². The summed E-state index contributed by atoms with van der Waals surface area (Å²) in [6.07, 6.45) is 1.61. The maximum Gasteiger partial charge on any atom is 0.263 e. The number of ether oxygens (including phenoxy) is 2. The molecule has 0 saturated carbocycles. The molecule has 2 aromatic carbocycles. The van der Waals surface area contributed by atoms with E-state index in [0.717, 1.165) is 28.3 Å². The van der Waals surface area contributed by atoms with Crippen molar-refractivity contribution in [2.45, 2.75) is 25.9 Å². The summed E-state index contributed by atoms with van der Waals surface area (Å²) in [4.78, 5) is 12.6. The second kappa shape index (κ2) is 9.57. The Morgan fingerprint density at radius 3 is 2.80 bits per heavy atom. The smallest absolute Gasteiger partial charge is 0.263 e. The Hall–Kier alpha value is -2.45. The summed E-state index contributed by atoms with van der Waals surface area (Å²) in [7, 11) is -3.59. The molecule has 0 bridgehead atoms. The van der Waals surface area contributed by atoms with Gasteiger partial charge in [0, 0.05) is 11.6 Å². The number of sulfonamides is 1. The van der Waals surface area contributed by atoms with Crippen LogP contribution < -0.4 is 19.1 Å². The van der Waals surface area contributed by atoms with E-state index in [1.807, 2.05) is 31.2 Å². The molecule has 0 aliphatic carbocycles. The summed E-state index contributed by atoms with van der Waals surface area (Å²) in [6.45, 7) is 2.86. The molecule has 0 aromatic heterocycles. The summed E-state index contributed by atoms with van der Waals surface area (Å²) >= 11 is 5.99. The predicted octanol–water partition coefficient (Wildman–Crippen LogP) is 3.01. The fourth-order valence-corrected chi connectivity index (χ4v) is 4.36. The van der Waals surface area contributed by atoms with Crippen LogP contribution in [0.5, 0.6) is 11.5 Å². The molecule has 7 nitrogen and oxygen atoms in total. The molecule has 1 aliphatic heterocycles. The van der Waals surface area contributed by atoms with Gasteiger partial charge >= 0.3 is 0 Å². The van der Waals surface area contributed by atoms with E-state index in [2.05, 4.69) is 5.32 Å². The number of amides is 1. The van der Waals surface area contributed by atoms with E-state index in [4.69, 9.17) is 21.1 Å². The average molecular weight is 453 g/mol. The number of carbonyl (C=O) groups excluding carboxylic acids is 1. The van der Waals surface area contributed by atoms with Crippen molar-refractivity contribution in [3.8, 4) is 11.5 Å². The first-order chi connectivity index (χ1) is 14.3. The fraction of sp³-hybridized carbons (Fsp3) is 0.381. The number of nitrogens with zero attached hydrogens (tertiary/aromatic N) is 1. The highest BCUT2D eigenvalue weighted by Gasteiger charge is 2.35. The van der Waals surface area contributed by atoms with Gasteiger partial charge in [-0.1, -0.05) is 29.8 Å². The topological polar surface area (TPSA) is 84.9 Å². The van der Waals surface area contributed by atoms with Crippen LogP contribution in [0.15, 0.2) is 42.5 Å². The van der Waals surface area contributed by atoms with Gasteiger partial charge in [0.15, 0.2) is 6.10 Å². The number of hydrogen-bond donors (Lipinski definition) is 1. The lowest BCUT2D eigenvalue weighted by atomic mass is 10.1. The number of para-hydroxylation sites is 1. The number of aryl methyl sites for hydroxylation is 1. The first-order valence-corrected chi connectivity index (χ1v) is 11.9. The summed E-state index contributed by atoms with van der Waals surface area (Å²) < 4.78 is 36.9. The molecule has 1 heterocycles. The lowest BCUT2D eigenvalue weighted by Gasteiger charge is -2.34. The highest BCUT2D eigenvalue weighted by atomic mass is 35.5. The van der Waals surface area contributed by atoms with Crippen LogP contribution in [0, 0.1) is 0 Å². The first-order valence-electron chi connectivity index (χ1n) is 9.72. The van der Waals surface area contributed by atoms with Gasteiger partial charge in [0.1, 0.15) is 11.5 Å². The van der Waals surface area contributed by atoms with Gasteiger partial charge in [0.2, 0.25) is 10.0 Å². The maximum atomic E-state index is 12.6. The summed E-state index contributed by atoms with van der Waals surface area (Å²) in [5, 5.41) is 3.23. The quantitative estimate of drug-likeness (QED) is 0.622. The molecular weight excluding hydrogens is 428 g/mol. The number of fused-ring (bicyclic) bond motifs is 1. The molecule has 9 heteroatoms. The SMILES string of the molecule is CCOc1ccccc1CCCNC(=O)[C@H]1CN(S(C)(=O)=O)c2cc(Cl)ccc2O1. The van der Waals surface area contributed by atoms with Gasteiger partial charge in [-0.05, 0) is 49.6 Å². The Labute approximate surface area is 182 Å². The molecule has 3 rings (SSSR count). The number of carbonyl (C=O) groups is 1. The van der Waals surface area contributed by atoms with Crippen LogP contribution in [0.4, 0.5) is 5.69 Å². The standard InChI is InChI=1S/C21H25ClN2O5S/c1-3-28-18-9-5-4-7-15(18)8-6-12-23-21(25)20-14-24(30(2,26)27)17-13-16(22)10-11-19(17)29-20/h4-5,7,9-11,13,20H,3,6,8,12,14H2,1-2H3,(H,23,25)/t20-/m1/s1. The van der Waals surface area contributed by atoms with Crippen LogP contribution in [-0.4, -0.2) is 46.4 Å². The maximum absolute atomic E-state index is 12.6. The number of benzene rings is 2. The molecule has 0 radical (unpaired) electrons. The number of halogens is 1. The van der Waals surface area contributed by atoms with Crippen molar-refractivity contribution in [2.75, 3.05) is 30.3 Å². The van der Waals surface area contributed by atoms with Crippen LogP contribution >= 0.6 is 11.6 Å². The van der Waals surface area contributed by atoms with Gasteiger partial charge < -0.3 is 14.8 Å². The molecule has 0 saturated heterocycles. The Morgan fingerprint density at radius 1 is 1.30 bits per heavy atom. The van der Waals surface area contributed by atoms with Crippen LogP contribution in [-0.2, 0) is 21.2 Å². The lowest BCUT2D eigenvalue weighted by molar-refractivity contribution is -0.127. The highest BCUT2D eigenvalue weighted by Crippen LogP contribution is 2.37. The number of anilines is 1. The molecule has 1 atom stereocenters. The molecule has 2 aromatic rings. The number of nitrogens with one attached hydrogen (secondary N) is 1. The lowest BCUT2D eigenvalue weighted by Crippen LogP contribution is -2.50. The van der Waals surface area contributed by atoms with E-state index in [9.17, 15) is 13.2 Å². The van der Waals surface area contributed by atoms with E-state index in [-0.39, 0.29) is 12.5 Å². The summed E-state index contributed by atoms with van der Waals surface area (Å²) in [6, 6.07) is 12.5. The van der Waals surface area contributed by atoms with Crippen LogP contribution in [0.2, 0.25) is 5.02 Å². The Morgan fingerprint density at radius 2 is 2.07 bits per heavy atom. The minimum atomic E-state index is -3.59. The second-order valence-corrected chi connectivity index (χ2v) is 9.29. The Balaban J connectivity index is 1.60. The zero-order valence-electron chi connectivity index (χ0n) is 16.9. The van der Waals surface area contributed by atoms with Gasteiger partial charge in [0.05, 0.1) is 25.1 Å².